The summed E-state index contributed by atoms with van der Waals surface area (Å²) < 4.78 is 61.1. The third kappa shape index (κ3) is 9.02. The first kappa shape index (κ1) is 55.1. The van der Waals surface area contributed by atoms with E-state index < -0.39 is 161 Å². The Morgan fingerprint density at radius 3 is 1.78 bits per heavy atom. The van der Waals surface area contributed by atoms with Crippen molar-refractivity contribution >= 4 is 0 Å². The third-order valence-corrected chi connectivity index (χ3v) is 19.7. The molecule has 6 saturated heterocycles. The highest BCUT2D eigenvalue weighted by Gasteiger charge is 2.74. The first-order valence-corrected chi connectivity index (χ1v) is 26.5. The van der Waals surface area contributed by atoms with E-state index in [0.717, 1.165) is 32.1 Å². The molecule has 3 saturated carbocycles. The van der Waals surface area contributed by atoms with E-state index in [1.807, 2.05) is 0 Å². The minimum absolute atomic E-state index is 0.0327. The number of hydrogen-bond donors (Lipinski definition) is 13. The van der Waals surface area contributed by atoms with E-state index in [-0.39, 0.29) is 40.6 Å². The zero-order chi connectivity index (χ0) is 52.3. The fraction of sp³-hybridized carbons (Fsp3) is 0.960. The van der Waals surface area contributed by atoms with Gasteiger partial charge in [0.05, 0.1) is 50.8 Å². The Morgan fingerprint density at radius 2 is 1.14 bits per heavy atom. The molecule has 0 radical (unpaired) electrons. The number of ether oxygens (including phenoxy) is 10. The van der Waals surface area contributed by atoms with Crippen LogP contribution in [0.1, 0.15) is 85.5 Å². The van der Waals surface area contributed by atoms with E-state index in [1.165, 1.54) is 5.57 Å². The first-order valence-electron chi connectivity index (χ1n) is 26.5. The lowest BCUT2D eigenvalue weighted by Gasteiger charge is -2.62. The standard InChI is InChI=1S/C50H80O23/c1-20-7-12-50(64-19-20)21(2)31-26(73-50)14-49(63)25-6-5-22-13-23(8-10-47(22,3)24(25)9-11-48(31,49)4)65-43-39(62)36(59)40(30(18-54)69-43)70-46-42(72-45-38(61)35(58)32(55)27(15-51)66-45)41(34(57)29(17-53)68-46)71-44-37(60)33(56)28(16-52)67-44/h5,20-21,23-46,51-63H,6-19H2,1-4H3/t20-,21+,23+,24+,25-,26+,27-,28-,29-,30-,31+,32-,33+,34-,35+,36-,37-,38-,39-,40+,41+,42-,43-,44+,45+,46+,47+,48-,49-,50-/m1/s1. The molecular formula is C50H80O23. The Kier molecular flexibility index (Phi) is 15.7. The molecule has 6 heterocycles. The molecular weight excluding hydrogens is 969 g/mol. The van der Waals surface area contributed by atoms with Crippen molar-refractivity contribution in [1.82, 2.24) is 0 Å². The number of rotatable bonds is 12. The molecule has 0 unspecified atom stereocenters. The monoisotopic (exact) mass is 1050 g/mol. The summed E-state index contributed by atoms with van der Waals surface area (Å²) in [6.45, 7) is 6.44. The second-order valence-corrected chi connectivity index (χ2v) is 23.5. The van der Waals surface area contributed by atoms with Gasteiger partial charge in [0.2, 0.25) is 0 Å². The maximum atomic E-state index is 13.0. The van der Waals surface area contributed by atoms with Crippen molar-refractivity contribution in [3.63, 3.8) is 0 Å². The zero-order valence-electron chi connectivity index (χ0n) is 41.9. The van der Waals surface area contributed by atoms with Gasteiger partial charge in [-0.2, -0.15) is 0 Å². The highest BCUT2D eigenvalue weighted by atomic mass is 16.8. The second kappa shape index (κ2) is 20.8. The van der Waals surface area contributed by atoms with E-state index in [9.17, 15) is 66.4 Å². The minimum atomic E-state index is -2.01. The van der Waals surface area contributed by atoms with E-state index >= 15 is 0 Å². The van der Waals surface area contributed by atoms with Gasteiger partial charge < -0.3 is 114 Å². The van der Waals surface area contributed by atoms with Gasteiger partial charge in [-0.1, -0.05) is 39.3 Å². The zero-order valence-corrected chi connectivity index (χ0v) is 41.9. The SMILES string of the molecule is C[C@@H]1CC[C@@]2(OC1)O[C@H]1C[C@@]3(O)[C@@H]4CC=C5C[C@@H](O[C@@H]6O[C@H](CO)[C@H](O[C@@H]7O[C@H](CO)[C@@H](O)[C@H](O[C@@H]8O[C@H](CO)[C@H](O)[C@H]8O)[C@H]7O[C@@H]7O[C@H](CO)[C@@H](O)[C@H](O)[C@H]7O)[C@H](O)[C@H]6O)CC[C@]5(C)[C@H]4CC[C@]3(C)[C@H]1[C@@H]2C. The maximum absolute atomic E-state index is 13.0. The van der Waals surface area contributed by atoms with Crippen molar-refractivity contribution in [2.24, 2.45) is 40.4 Å². The predicted molar refractivity (Wildman–Crippen MR) is 244 cm³/mol. The molecule has 9 fully saturated rings. The van der Waals surface area contributed by atoms with Gasteiger partial charge in [-0.15, -0.1) is 0 Å². The maximum Gasteiger partial charge on any atom is 0.187 e. The van der Waals surface area contributed by atoms with Crippen LogP contribution in [0.4, 0.5) is 0 Å². The average molecular weight is 1050 g/mol. The molecule has 23 heteroatoms. The van der Waals surface area contributed by atoms with Crippen molar-refractivity contribution in [3.8, 4) is 0 Å². The lowest BCUT2D eigenvalue weighted by atomic mass is 9.45. The van der Waals surface area contributed by atoms with Gasteiger partial charge >= 0.3 is 0 Å². The highest BCUT2D eigenvalue weighted by molar-refractivity contribution is 5.30. The normalized spacial score (nSPS) is 57.0. The second-order valence-electron chi connectivity index (χ2n) is 23.5. The summed E-state index contributed by atoms with van der Waals surface area (Å²) in [7, 11) is 0. The van der Waals surface area contributed by atoms with Gasteiger partial charge in [-0.25, -0.2) is 0 Å². The van der Waals surface area contributed by atoms with E-state index in [0.29, 0.717) is 38.2 Å². The van der Waals surface area contributed by atoms with Crippen LogP contribution < -0.4 is 0 Å². The number of allylic oxidation sites excluding steroid dienone is 1. The molecule has 0 aromatic carbocycles. The van der Waals surface area contributed by atoms with Crippen LogP contribution in [0, 0.1) is 40.4 Å². The first-order chi connectivity index (χ1) is 34.7. The van der Waals surface area contributed by atoms with Crippen molar-refractivity contribution < 1.29 is 114 Å². The molecule has 4 aliphatic carbocycles. The number of hydrogen-bond acceptors (Lipinski definition) is 23. The molecule has 6 aliphatic heterocycles. The number of fused-ring (bicyclic) bond motifs is 7. The third-order valence-electron chi connectivity index (χ3n) is 19.7. The minimum Gasteiger partial charge on any atom is -0.394 e. The van der Waals surface area contributed by atoms with Gasteiger partial charge in [0, 0.05) is 30.1 Å². The summed E-state index contributed by atoms with van der Waals surface area (Å²) in [6, 6.07) is 0. The fourth-order valence-electron chi connectivity index (χ4n) is 15.3. The van der Waals surface area contributed by atoms with Crippen LogP contribution >= 0.6 is 0 Å². The van der Waals surface area contributed by atoms with E-state index in [2.05, 4.69) is 33.8 Å². The summed E-state index contributed by atoms with van der Waals surface area (Å²) >= 11 is 0. The van der Waals surface area contributed by atoms with Gasteiger partial charge in [0.25, 0.3) is 0 Å². The molecule has 1 spiro atoms. The Hall–Kier alpha value is -1.18. The number of aliphatic hydroxyl groups excluding tert-OH is 12. The smallest absolute Gasteiger partial charge is 0.187 e. The number of aliphatic hydroxyl groups is 13. The molecule has 23 nitrogen and oxygen atoms in total. The van der Waals surface area contributed by atoms with Crippen LogP contribution in [0.5, 0.6) is 0 Å². The predicted octanol–water partition coefficient (Wildman–Crippen LogP) is -3.24. The van der Waals surface area contributed by atoms with Gasteiger partial charge in [-0.3, -0.25) is 0 Å². The lowest BCUT2D eigenvalue weighted by molar-refractivity contribution is -0.399. The van der Waals surface area contributed by atoms with Crippen LogP contribution in [-0.4, -0.2) is 240 Å². The highest BCUT2D eigenvalue weighted by Crippen LogP contribution is 2.72. The van der Waals surface area contributed by atoms with Crippen molar-refractivity contribution in [1.29, 1.82) is 0 Å². The molecule has 10 rings (SSSR count). The molecule has 0 aromatic heterocycles. The quantitative estimate of drug-likeness (QED) is 0.0855. The Labute approximate surface area is 423 Å². The van der Waals surface area contributed by atoms with Crippen LogP contribution in [0.2, 0.25) is 0 Å². The van der Waals surface area contributed by atoms with Crippen molar-refractivity contribution in [2.75, 3.05) is 33.0 Å². The van der Waals surface area contributed by atoms with Crippen molar-refractivity contribution in [3.05, 3.63) is 11.6 Å². The summed E-state index contributed by atoms with van der Waals surface area (Å²) in [6.07, 6.45) is -24.4. The molecule has 0 aromatic rings. The van der Waals surface area contributed by atoms with Crippen molar-refractivity contribution in [2.45, 2.75) is 226 Å². The van der Waals surface area contributed by atoms with Crippen LogP contribution in [0.3, 0.4) is 0 Å². The summed E-state index contributed by atoms with van der Waals surface area (Å²) in [5, 5.41) is 142. The molecule has 10 aliphatic rings. The van der Waals surface area contributed by atoms with Gasteiger partial charge in [-0.05, 0) is 68.1 Å². The van der Waals surface area contributed by atoms with Gasteiger partial charge in [0.1, 0.15) is 91.6 Å². The Morgan fingerprint density at radius 1 is 0.575 bits per heavy atom. The molecule has 0 amide bonds. The van der Waals surface area contributed by atoms with Crippen LogP contribution in [0.15, 0.2) is 11.6 Å². The molecule has 13 N–H and O–H groups in total. The Bertz CT molecular complexity index is 1940. The average Bonchev–Trinajstić information content (AvgIpc) is 3.90. The van der Waals surface area contributed by atoms with E-state index in [1.54, 1.807) is 0 Å². The molecule has 0 bridgehead atoms. The largest absolute Gasteiger partial charge is 0.394 e. The van der Waals surface area contributed by atoms with E-state index in [4.69, 9.17) is 47.4 Å². The molecule has 73 heavy (non-hydrogen) atoms. The fourth-order valence-corrected chi connectivity index (χ4v) is 15.3. The topological polar surface area (TPSA) is 355 Å². The summed E-state index contributed by atoms with van der Waals surface area (Å²) in [4.78, 5) is 0. The molecule has 418 valence electrons. The van der Waals surface area contributed by atoms with Crippen LogP contribution in [-0.2, 0) is 47.4 Å². The van der Waals surface area contributed by atoms with Gasteiger partial charge in [0.15, 0.2) is 30.9 Å². The Balaban J connectivity index is 0.833. The van der Waals surface area contributed by atoms with Crippen LogP contribution in [0.25, 0.3) is 0 Å². The summed E-state index contributed by atoms with van der Waals surface area (Å²) in [5.41, 5.74) is -0.289. The lowest BCUT2D eigenvalue weighted by Crippen LogP contribution is -2.68. The molecule has 30 atom stereocenters. The summed E-state index contributed by atoms with van der Waals surface area (Å²) in [5.74, 6) is 0.488.